The topological polar surface area (TPSA) is 46.5 Å². The maximum Gasteiger partial charge on any atom is 0.338 e. The lowest BCUT2D eigenvalue weighted by atomic mass is 10.2. The highest BCUT2D eigenvalue weighted by atomic mass is 16.5. The number of benzene rings is 2. The Morgan fingerprint density at radius 2 is 1.44 bits per heavy atom. The van der Waals surface area contributed by atoms with Crippen LogP contribution in [0.2, 0.25) is 0 Å². The van der Waals surface area contributed by atoms with Crippen molar-refractivity contribution in [2.75, 3.05) is 6.61 Å². The second-order valence-electron chi connectivity index (χ2n) is 3.42. The van der Waals surface area contributed by atoms with Gasteiger partial charge in [0.15, 0.2) is 0 Å². The highest BCUT2D eigenvalue weighted by Gasteiger charge is 2.04. The summed E-state index contributed by atoms with van der Waals surface area (Å²) in [5.41, 5.74) is 0.453. The normalized spacial score (nSPS) is 8.94. The van der Waals surface area contributed by atoms with E-state index in [1.807, 2.05) is 36.4 Å². The van der Waals surface area contributed by atoms with Crippen molar-refractivity contribution in [2.24, 2.45) is 0 Å². The molecule has 0 unspecified atom stereocenters. The fourth-order valence-corrected chi connectivity index (χ4v) is 1.20. The van der Waals surface area contributed by atoms with Crippen LogP contribution < -0.4 is 0 Å². The fourth-order valence-electron chi connectivity index (χ4n) is 1.20. The molecule has 3 nitrogen and oxygen atoms in total. The molecule has 0 aliphatic carbocycles. The van der Waals surface area contributed by atoms with Crippen molar-refractivity contribution in [1.29, 1.82) is 0 Å². The monoisotopic (exact) mass is 244 g/mol. The average molecular weight is 244 g/mol. The van der Waals surface area contributed by atoms with Crippen molar-refractivity contribution in [3.63, 3.8) is 0 Å². The van der Waals surface area contributed by atoms with E-state index in [-0.39, 0.29) is 11.7 Å². The number of rotatable bonds is 2. The zero-order valence-electron chi connectivity index (χ0n) is 10.2. The molecule has 0 fully saturated rings. The number of carbonyl (C=O) groups excluding carboxylic acids is 1. The van der Waals surface area contributed by atoms with E-state index in [0.717, 1.165) is 0 Å². The van der Waals surface area contributed by atoms with E-state index in [1.54, 1.807) is 6.92 Å². The van der Waals surface area contributed by atoms with Crippen LogP contribution in [0.1, 0.15) is 17.3 Å². The summed E-state index contributed by atoms with van der Waals surface area (Å²) in [7, 11) is 0. The Morgan fingerprint density at radius 3 is 1.83 bits per heavy atom. The Hall–Kier alpha value is -2.29. The molecule has 94 valence electrons. The van der Waals surface area contributed by atoms with Gasteiger partial charge in [0.25, 0.3) is 0 Å². The minimum Gasteiger partial charge on any atom is -0.508 e. The molecule has 0 atom stereocenters. The van der Waals surface area contributed by atoms with Gasteiger partial charge in [0.2, 0.25) is 0 Å². The molecule has 0 spiro atoms. The minimum absolute atomic E-state index is 0.142. The Balaban J connectivity index is 0.000000225. The van der Waals surface area contributed by atoms with E-state index < -0.39 is 0 Å². The molecule has 0 aliphatic rings. The quantitative estimate of drug-likeness (QED) is 0.825. The molecule has 3 heteroatoms. The maximum absolute atomic E-state index is 11.1. The van der Waals surface area contributed by atoms with Crippen molar-refractivity contribution in [1.82, 2.24) is 0 Å². The lowest BCUT2D eigenvalue weighted by Gasteiger charge is -2.00. The SMILES string of the molecule is CCOC(=O)c1ccc(O)cc1.c1ccccc1. The zero-order valence-corrected chi connectivity index (χ0v) is 10.2. The van der Waals surface area contributed by atoms with Gasteiger partial charge in [0, 0.05) is 0 Å². The van der Waals surface area contributed by atoms with Crippen molar-refractivity contribution in [2.45, 2.75) is 6.92 Å². The van der Waals surface area contributed by atoms with Crippen LogP contribution in [0.5, 0.6) is 5.75 Å². The first kappa shape index (κ1) is 13.8. The standard InChI is InChI=1S/C9H10O3.C6H6/c1-2-12-9(11)7-3-5-8(10)6-4-7;1-2-4-6-5-3-1/h3-6,10H,2H2,1H3;1-6H. The number of phenols is 1. The third-order valence-electron chi connectivity index (χ3n) is 2.05. The van der Waals surface area contributed by atoms with Gasteiger partial charge in [0.1, 0.15) is 5.75 Å². The Kier molecular flexibility index (Phi) is 6.04. The van der Waals surface area contributed by atoms with Crippen molar-refractivity contribution in [3.8, 4) is 5.75 Å². The van der Waals surface area contributed by atoms with Crippen molar-refractivity contribution < 1.29 is 14.6 Å². The first-order chi connectivity index (χ1) is 8.74. The number of ether oxygens (including phenoxy) is 1. The summed E-state index contributed by atoms with van der Waals surface area (Å²) >= 11 is 0. The third-order valence-corrected chi connectivity index (χ3v) is 2.05. The molecule has 0 heterocycles. The molecule has 0 amide bonds. The number of esters is 1. The summed E-state index contributed by atoms with van der Waals surface area (Å²) in [6, 6.07) is 17.9. The molecule has 0 aromatic heterocycles. The van der Waals surface area contributed by atoms with Crippen LogP contribution in [0.4, 0.5) is 0 Å². The number of phenolic OH excluding ortho intramolecular Hbond substituents is 1. The molecule has 18 heavy (non-hydrogen) atoms. The lowest BCUT2D eigenvalue weighted by Crippen LogP contribution is -2.03. The van der Waals surface area contributed by atoms with Crippen LogP contribution in [-0.2, 0) is 4.74 Å². The van der Waals surface area contributed by atoms with Crippen LogP contribution in [0.25, 0.3) is 0 Å². The average Bonchev–Trinajstić information content (AvgIpc) is 2.42. The van der Waals surface area contributed by atoms with Crippen LogP contribution >= 0.6 is 0 Å². The first-order valence-electron chi connectivity index (χ1n) is 5.70. The second-order valence-corrected chi connectivity index (χ2v) is 3.42. The van der Waals surface area contributed by atoms with E-state index in [4.69, 9.17) is 9.84 Å². The molecule has 0 aliphatic heterocycles. The summed E-state index contributed by atoms with van der Waals surface area (Å²) in [5.74, 6) is -0.222. The van der Waals surface area contributed by atoms with Gasteiger partial charge in [-0.2, -0.15) is 0 Å². The van der Waals surface area contributed by atoms with Gasteiger partial charge in [0.05, 0.1) is 12.2 Å². The lowest BCUT2D eigenvalue weighted by molar-refractivity contribution is 0.0526. The van der Waals surface area contributed by atoms with Crippen molar-refractivity contribution in [3.05, 3.63) is 66.2 Å². The second kappa shape index (κ2) is 7.90. The highest BCUT2D eigenvalue weighted by Crippen LogP contribution is 2.10. The molecule has 0 radical (unpaired) electrons. The predicted octanol–water partition coefficient (Wildman–Crippen LogP) is 3.26. The number of carbonyl (C=O) groups is 1. The molecule has 1 N–H and O–H groups in total. The third kappa shape index (κ3) is 5.16. The largest absolute Gasteiger partial charge is 0.508 e. The molecule has 2 rings (SSSR count). The highest BCUT2D eigenvalue weighted by molar-refractivity contribution is 5.89. The smallest absolute Gasteiger partial charge is 0.338 e. The Labute approximate surface area is 107 Å². The van der Waals surface area contributed by atoms with E-state index >= 15 is 0 Å². The molecule has 0 saturated heterocycles. The molecule has 2 aromatic rings. The van der Waals surface area contributed by atoms with Crippen LogP contribution in [0.3, 0.4) is 0 Å². The Morgan fingerprint density at radius 1 is 1.00 bits per heavy atom. The van der Waals surface area contributed by atoms with Gasteiger partial charge in [-0.05, 0) is 31.2 Å². The first-order valence-corrected chi connectivity index (χ1v) is 5.70. The van der Waals surface area contributed by atoms with Gasteiger partial charge in [-0.1, -0.05) is 36.4 Å². The summed E-state index contributed by atoms with van der Waals surface area (Å²) in [4.78, 5) is 11.1. The molecule has 0 bridgehead atoms. The fraction of sp³-hybridized carbons (Fsp3) is 0.133. The summed E-state index contributed by atoms with van der Waals surface area (Å²) in [6.45, 7) is 2.11. The van der Waals surface area contributed by atoms with Crippen LogP contribution in [-0.4, -0.2) is 17.7 Å². The van der Waals surface area contributed by atoms with E-state index in [9.17, 15) is 4.79 Å². The van der Waals surface area contributed by atoms with Gasteiger partial charge in [-0.15, -0.1) is 0 Å². The van der Waals surface area contributed by atoms with Gasteiger partial charge >= 0.3 is 5.97 Å². The minimum atomic E-state index is -0.363. The molecular formula is C15H16O3. The van der Waals surface area contributed by atoms with E-state index in [0.29, 0.717) is 12.2 Å². The summed E-state index contributed by atoms with van der Waals surface area (Å²) < 4.78 is 4.75. The van der Waals surface area contributed by atoms with Gasteiger partial charge < -0.3 is 9.84 Å². The van der Waals surface area contributed by atoms with E-state index in [2.05, 4.69) is 0 Å². The number of hydrogen-bond acceptors (Lipinski definition) is 3. The Bertz CT molecular complexity index is 422. The number of aromatic hydroxyl groups is 1. The molecule has 0 saturated carbocycles. The number of hydrogen-bond donors (Lipinski definition) is 1. The van der Waals surface area contributed by atoms with Crippen molar-refractivity contribution >= 4 is 5.97 Å². The van der Waals surface area contributed by atoms with Gasteiger partial charge in [-0.25, -0.2) is 4.79 Å². The van der Waals surface area contributed by atoms with Crippen LogP contribution in [0.15, 0.2) is 60.7 Å². The van der Waals surface area contributed by atoms with E-state index in [1.165, 1.54) is 24.3 Å². The summed E-state index contributed by atoms with van der Waals surface area (Å²) in [6.07, 6.45) is 0. The predicted molar refractivity (Wildman–Crippen MR) is 70.5 cm³/mol. The maximum atomic E-state index is 11.1. The molecule has 2 aromatic carbocycles. The molecular weight excluding hydrogens is 228 g/mol. The zero-order chi connectivity index (χ0) is 13.2. The van der Waals surface area contributed by atoms with Gasteiger partial charge in [-0.3, -0.25) is 0 Å². The van der Waals surface area contributed by atoms with Crippen LogP contribution in [0, 0.1) is 0 Å². The summed E-state index contributed by atoms with van der Waals surface area (Å²) in [5, 5.41) is 8.92.